The molecule has 6 nitrogen and oxygen atoms in total. The Morgan fingerprint density at radius 1 is 1.10 bits per heavy atom. The Morgan fingerprint density at radius 3 is 2.43 bits per heavy atom. The summed E-state index contributed by atoms with van der Waals surface area (Å²) in [6, 6.07) is 8.84. The Balaban J connectivity index is 2.10. The van der Waals surface area contributed by atoms with E-state index in [-0.39, 0.29) is 20.6 Å². The number of hydrogen-bond acceptors (Lipinski definition) is 4. The second-order valence-corrected chi connectivity index (χ2v) is 6.33. The van der Waals surface area contributed by atoms with Crippen LogP contribution in [0.5, 0.6) is 0 Å². The number of hydrazine groups is 1. The molecule has 2 rings (SSSR count). The Labute approximate surface area is 131 Å². The van der Waals surface area contributed by atoms with E-state index in [1.807, 2.05) is 4.83 Å². The van der Waals surface area contributed by atoms with Gasteiger partial charge in [-0.3, -0.25) is 10.2 Å². The Bertz CT molecular complexity index is 764. The molecule has 21 heavy (non-hydrogen) atoms. The van der Waals surface area contributed by atoms with Crippen molar-refractivity contribution in [1.29, 1.82) is 0 Å². The third-order valence-electron chi connectivity index (χ3n) is 2.43. The van der Waals surface area contributed by atoms with Gasteiger partial charge in [0, 0.05) is 6.20 Å². The van der Waals surface area contributed by atoms with Gasteiger partial charge in [0.1, 0.15) is 10.0 Å². The van der Waals surface area contributed by atoms with E-state index < -0.39 is 15.9 Å². The molecule has 0 saturated heterocycles. The zero-order chi connectivity index (χ0) is 15.5. The van der Waals surface area contributed by atoms with Gasteiger partial charge in [-0.1, -0.05) is 35.3 Å². The highest BCUT2D eigenvalue weighted by molar-refractivity contribution is 7.89. The average molecular weight is 346 g/mol. The molecule has 1 heterocycles. The number of amides is 1. The van der Waals surface area contributed by atoms with Crippen LogP contribution in [-0.4, -0.2) is 19.3 Å². The first-order chi connectivity index (χ1) is 9.90. The molecule has 0 aliphatic rings. The summed E-state index contributed by atoms with van der Waals surface area (Å²) in [5.41, 5.74) is 2.22. The van der Waals surface area contributed by atoms with Gasteiger partial charge in [-0.25, -0.2) is 13.4 Å². The lowest BCUT2D eigenvalue weighted by molar-refractivity contribution is 0.0945. The van der Waals surface area contributed by atoms with E-state index in [0.717, 1.165) is 6.20 Å². The molecule has 0 spiro atoms. The molecule has 0 atom stereocenters. The van der Waals surface area contributed by atoms with Crippen LogP contribution >= 0.6 is 23.2 Å². The summed E-state index contributed by atoms with van der Waals surface area (Å²) in [6.07, 6.45) is 1.08. The lowest BCUT2D eigenvalue weighted by Crippen LogP contribution is -2.41. The number of sulfonamides is 1. The highest BCUT2D eigenvalue weighted by atomic mass is 35.5. The molecule has 1 aromatic carbocycles. The van der Waals surface area contributed by atoms with Crippen molar-refractivity contribution in [3.05, 3.63) is 58.3 Å². The molecule has 0 aliphatic heterocycles. The standard InChI is InChI=1S/C12H9Cl2N3O3S/c13-10-4-2-1-3-9(10)12(18)16-17-21(19,20)8-5-6-11(14)15-7-8/h1-7,17H,(H,16,18). The summed E-state index contributed by atoms with van der Waals surface area (Å²) >= 11 is 11.4. The predicted molar refractivity (Wildman–Crippen MR) is 78.5 cm³/mol. The molecule has 0 saturated carbocycles. The first kappa shape index (κ1) is 15.7. The first-order valence-corrected chi connectivity index (χ1v) is 7.82. The van der Waals surface area contributed by atoms with Crippen LogP contribution in [0.4, 0.5) is 0 Å². The third-order valence-corrected chi connectivity index (χ3v) is 4.21. The minimum absolute atomic E-state index is 0.133. The fourth-order valence-corrected chi connectivity index (χ4v) is 2.52. The highest BCUT2D eigenvalue weighted by Gasteiger charge is 2.17. The summed E-state index contributed by atoms with van der Waals surface area (Å²) < 4.78 is 23.8. The van der Waals surface area contributed by atoms with Crippen molar-refractivity contribution >= 4 is 39.1 Å². The summed E-state index contributed by atoms with van der Waals surface area (Å²) in [6.45, 7) is 0. The van der Waals surface area contributed by atoms with Crippen molar-refractivity contribution in [3.8, 4) is 0 Å². The van der Waals surface area contributed by atoms with Gasteiger partial charge in [0.15, 0.2) is 0 Å². The third kappa shape index (κ3) is 3.92. The first-order valence-electron chi connectivity index (χ1n) is 5.58. The van der Waals surface area contributed by atoms with Crippen molar-refractivity contribution in [2.45, 2.75) is 4.90 Å². The van der Waals surface area contributed by atoms with E-state index in [2.05, 4.69) is 10.4 Å². The van der Waals surface area contributed by atoms with Crippen LogP contribution < -0.4 is 10.3 Å². The number of pyridine rings is 1. The molecule has 1 aromatic heterocycles. The largest absolute Gasteiger partial charge is 0.273 e. The van der Waals surface area contributed by atoms with Crippen LogP contribution in [0.2, 0.25) is 10.2 Å². The van der Waals surface area contributed by atoms with Crippen LogP contribution in [0.25, 0.3) is 0 Å². The van der Waals surface area contributed by atoms with Gasteiger partial charge in [-0.15, -0.1) is 4.83 Å². The van der Waals surface area contributed by atoms with Crippen LogP contribution in [0, 0.1) is 0 Å². The van der Waals surface area contributed by atoms with Crippen molar-refractivity contribution < 1.29 is 13.2 Å². The summed E-state index contributed by atoms with van der Waals surface area (Å²) in [5.74, 6) is -0.675. The molecule has 0 unspecified atom stereocenters. The van der Waals surface area contributed by atoms with E-state index >= 15 is 0 Å². The number of rotatable bonds is 4. The van der Waals surface area contributed by atoms with Gasteiger partial charge in [0.05, 0.1) is 10.6 Å². The zero-order valence-electron chi connectivity index (χ0n) is 10.4. The normalized spacial score (nSPS) is 11.1. The van der Waals surface area contributed by atoms with Gasteiger partial charge < -0.3 is 0 Å². The second-order valence-electron chi connectivity index (χ2n) is 3.86. The number of aromatic nitrogens is 1. The lowest BCUT2D eigenvalue weighted by atomic mass is 10.2. The van der Waals surface area contributed by atoms with Crippen molar-refractivity contribution in [2.75, 3.05) is 0 Å². The molecule has 0 aliphatic carbocycles. The second kappa shape index (κ2) is 6.40. The summed E-state index contributed by atoms with van der Waals surface area (Å²) in [7, 11) is -3.94. The molecule has 0 fully saturated rings. The molecule has 1 amide bonds. The monoisotopic (exact) mass is 345 g/mol. The summed E-state index contributed by atoms with van der Waals surface area (Å²) in [5, 5.41) is 0.372. The van der Waals surface area contributed by atoms with Gasteiger partial charge in [0.2, 0.25) is 0 Å². The van der Waals surface area contributed by atoms with Gasteiger partial charge in [-0.2, -0.15) is 0 Å². The van der Waals surface area contributed by atoms with Crippen molar-refractivity contribution in [2.24, 2.45) is 0 Å². The number of carbonyl (C=O) groups excluding carboxylic acids is 1. The lowest BCUT2D eigenvalue weighted by Gasteiger charge is -2.09. The molecule has 0 bridgehead atoms. The van der Waals surface area contributed by atoms with Crippen LogP contribution in [0.15, 0.2) is 47.5 Å². The fourth-order valence-electron chi connectivity index (χ4n) is 1.41. The Kier molecular flexibility index (Phi) is 4.79. The van der Waals surface area contributed by atoms with Gasteiger partial charge in [0.25, 0.3) is 15.9 Å². The maximum Gasteiger partial charge on any atom is 0.267 e. The van der Waals surface area contributed by atoms with Gasteiger partial charge in [-0.05, 0) is 24.3 Å². The van der Waals surface area contributed by atoms with Crippen LogP contribution in [0.3, 0.4) is 0 Å². The Morgan fingerprint density at radius 2 is 1.81 bits per heavy atom. The fraction of sp³-hybridized carbons (Fsp3) is 0. The molecular formula is C12H9Cl2N3O3S. The summed E-state index contributed by atoms with van der Waals surface area (Å²) in [4.78, 5) is 17.3. The average Bonchev–Trinajstić information content (AvgIpc) is 2.46. The minimum Gasteiger partial charge on any atom is -0.273 e. The topological polar surface area (TPSA) is 88.2 Å². The molecule has 2 aromatic rings. The molecule has 0 radical (unpaired) electrons. The predicted octanol–water partition coefficient (Wildman–Crippen LogP) is 2.01. The molecular weight excluding hydrogens is 337 g/mol. The van der Waals surface area contributed by atoms with E-state index in [4.69, 9.17) is 23.2 Å². The number of carbonyl (C=O) groups is 1. The number of hydrogen-bond donors (Lipinski definition) is 2. The van der Waals surface area contributed by atoms with E-state index in [1.54, 1.807) is 12.1 Å². The Hall–Kier alpha value is -1.67. The molecule has 110 valence electrons. The van der Waals surface area contributed by atoms with Crippen molar-refractivity contribution in [1.82, 2.24) is 15.2 Å². The van der Waals surface area contributed by atoms with Crippen LogP contribution in [0.1, 0.15) is 10.4 Å². The van der Waals surface area contributed by atoms with Crippen LogP contribution in [-0.2, 0) is 10.0 Å². The number of halogens is 2. The minimum atomic E-state index is -3.94. The maximum absolute atomic E-state index is 11.9. The molecule has 9 heteroatoms. The molecule has 2 N–H and O–H groups in total. The van der Waals surface area contributed by atoms with Gasteiger partial charge >= 0.3 is 0 Å². The SMILES string of the molecule is O=C(NNS(=O)(=O)c1ccc(Cl)nc1)c1ccccc1Cl. The van der Waals surface area contributed by atoms with E-state index in [1.165, 1.54) is 24.3 Å². The number of nitrogens with one attached hydrogen (secondary N) is 2. The quantitative estimate of drug-likeness (QED) is 0.655. The highest BCUT2D eigenvalue weighted by Crippen LogP contribution is 2.14. The number of nitrogens with zero attached hydrogens (tertiary/aromatic N) is 1. The van der Waals surface area contributed by atoms with E-state index in [9.17, 15) is 13.2 Å². The maximum atomic E-state index is 11.9. The van der Waals surface area contributed by atoms with Crippen molar-refractivity contribution in [3.63, 3.8) is 0 Å². The smallest absolute Gasteiger partial charge is 0.267 e. The van der Waals surface area contributed by atoms with E-state index in [0.29, 0.717) is 0 Å². The number of benzene rings is 1. The zero-order valence-corrected chi connectivity index (χ0v) is 12.7.